The van der Waals surface area contributed by atoms with E-state index in [1.54, 1.807) is 22.6 Å². The number of carbonyl (C=O) groups excluding carboxylic acids is 1. The smallest absolute Gasteiger partial charge is 0.280 e. The monoisotopic (exact) mass is 199 g/mol. The summed E-state index contributed by atoms with van der Waals surface area (Å²) < 4.78 is 0.00935. The molecule has 0 bridgehead atoms. The number of hydrogen-bond donors (Lipinski definition) is 1. The van der Waals surface area contributed by atoms with Crippen LogP contribution in [-0.4, -0.2) is 10.5 Å². The summed E-state index contributed by atoms with van der Waals surface area (Å²) in [6, 6.07) is 0. The standard InChI is InChI=1S/C3H6INO/c1-2-5-3(4)6/h2H2,1H3,(H,5,6). The number of hydrogen-bond acceptors (Lipinski definition) is 1. The van der Waals surface area contributed by atoms with Crippen LogP contribution in [0.5, 0.6) is 0 Å². The van der Waals surface area contributed by atoms with E-state index in [9.17, 15) is 4.79 Å². The fourth-order valence-corrected chi connectivity index (χ4v) is 0.520. The van der Waals surface area contributed by atoms with Crippen LogP contribution in [0.25, 0.3) is 0 Å². The second-order valence-corrected chi connectivity index (χ2v) is 1.78. The van der Waals surface area contributed by atoms with Crippen LogP contribution in [0.15, 0.2) is 0 Å². The molecule has 2 nitrogen and oxygen atoms in total. The third kappa shape index (κ3) is 4.20. The van der Waals surface area contributed by atoms with Crippen molar-refractivity contribution in [2.24, 2.45) is 0 Å². The van der Waals surface area contributed by atoms with Gasteiger partial charge in [0.25, 0.3) is 3.91 Å². The van der Waals surface area contributed by atoms with Crippen molar-refractivity contribution in [2.45, 2.75) is 6.92 Å². The molecule has 0 aliphatic heterocycles. The molecule has 0 atom stereocenters. The lowest BCUT2D eigenvalue weighted by Gasteiger charge is -1.86. The van der Waals surface area contributed by atoms with Gasteiger partial charge in [0.15, 0.2) is 0 Å². The van der Waals surface area contributed by atoms with Crippen molar-refractivity contribution in [1.29, 1.82) is 0 Å². The Morgan fingerprint density at radius 3 is 2.50 bits per heavy atom. The number of carbonyl (C=O) groups is 1. The van der Waals surface area contributed by atoms with Crippen LogP contribution in [0.4, 0.5) is 4.79 Å². The molecule has 0 rings (SSSR count). The molecule has 1 amide bonds. The van der Waals surface area contributed by atoms with Crippen molar-refractivity contribution >= 4 is 26.5 Å². The van der Waals surface area contributed by atoms with Crippen LogP contribution < -0.4 is 5.32 Å². The van der Waals surface area contributed by atoms with E-state index in [1.807, 2.05) is 6.92 Å². The fraction of sp³-hybridized carbons (Fsp3) is 0.667. The third-order valence-corrected chi connectivity index (χ3v) is 0.697. The molecule has 0 saturated carbocycles. The first-order chi connectivity index (χ1) is 2.77. The van der Waals surface area contributed by atoms with Crippen molar-refractivity contribution in [3.63, 3.8) is 0 Å². The minimum Gasteiger partial charge on any atom is -0.348 e. The Hall–Kier alpha value is 0.200. The van der Waals surface area contributed by atoms with E-state index in [0.717, 1.165) is 6.54 Å². The molecule has 0 aliphatic rings. The molecule has 3 heteroatoms. The van der Waals surface area contributed by atoms with Crippen LogP contribution in [0, 0.1) is 0 Å². The van der Waals surface area contributed by atoms with Crippen molar-refractivity contribution in [3.8, 4) is 0 Å². The molecule has 0 unspecified atom stereocenters. The normalized spacial score (nSPS) is 7.67. The van der Waals surface area contributed by atoms with Gasteiger partial charge in [-0.1, -0.05) is 0 Å². The first-order valence-corrected chi connectivity index (χ1v) is 2.78. The predicted octanol–water partition coefficient (Wildman–Crippen LogP) is 1.15. The third-order valence-electron chi connectivity index (χ3n) is 0.316. The lowest BCUT2D eigenvalue weighted by Crippen LogP contribution is -2.13. The first-order valence-electron chi connectivity index (χ1n) is 1.70. The minimum atomic E-state index is 0.00935. The van der Waals surface area contributed by atoms with Gasteiger partial charge in [0.2, 0.25) is 0 Å². The topological polar surface area (TPSA) is 29.1 Å². The fourth-order valence-electron chi connectivity index (χ4n) is 0.139. The zero-order valence-corrected chi connectivity index (χ0v) is 5.65. The van der Waals surface area contributed by atoms with Gasteiger partial charge in [-0.2, -0.15) is 0 Å². The molecule has 0 saturated heterocycles. The number of nitrogens with one attached hydrogen (secondary N) is 1. The molecule has 0 radical (unpaired) electrons. The molecule has 1 N–H and O–H groups in total. The van der Waals surface area contributed by atoms with E-state index in [4.69, 9.17) is 0 Å². The maximum Gasteiger partial charge on any atom is 0.280 e. The van der Waals surface area contributed by atoms with Gasteiger partial charge in [0.05, 0.1) is 0 Å². The largest absolute Gasteiger partial charge is 0.348 e. The highest BCUT2D eigenvalue weighted by atomic mass is 127. The quantitative estimate of drug-likeness (QED) is 0.383. The first kappa shape index (κ1) is 6.20. The van der Waals surface area contributed by atoms with Crippen molar-refractivity contribution < 1.29 is 4.79 Å². The SMILES string of the molecule is CCNC(=O)I. The Labute approximate surface area is 50.4 Å². The summed E-state index contributed by atoms with van der Waals surface area (Å²) in [5.41, 5.74) is 0. The van der Waals surface area contributed by atoms with E-state index >= 15 is 0 Å². The van der Waals surface area contributed by atoms with Crippen molar-refractivity contribution in [1.82, 2.24) is 5.32 Å². The van der Waals surface area contributed by atoms with Gasteiger partial charge >= 0.3 is 0 Å². The summed E-state index contributed by atoms with van der Waals surface area (Å²) in [4.78, 5) is 9.92. The molecular weight excluding hydrogens is 193 g/mol. The van der Waals surface area contributed by atoms with Crippen molar-refractivity contribution in [3.05, 3.63) is 0 Å². The summed E-state index contributed by atoms with van der Waals surface area (Å²) in [6.45, 7) is 2.61. The highest BCUT2D eigenvalue weighted by Gasteiger charge is 1.81. The van der Waals surface area contributed by atoms with Gasteiger partial charge in [0.1, 0.15) is 0 Å². The number of amides is 1. The molecule has 0 aromatic heterocycles. The molecule has 0 heterocycles. The molecule has 0 aliphatic carbocycles. The molecular formula is C3H6INO. The Balaban J connectivity index is 2.83. The number of halogens is 1. The van der Waals surface area contributed by atoms with E-state index in [2.05, 4.69) is 5.32 Å². The Morgan fingerprint density at radius 1 is 2.00 bits per heavy atom. The highest BCUT2D eigenvalue weighted by molar-refractivity contribution is 14.1. The maximum atomic E-state index is 9.92. The lowest BCUT2D eigenvalue weighted by molar-refractivity contribution is 0.263. The number of rotatable bonds is 1. The summed E-state index contributed by atoms with van der Waals surface area (Å²) in [5, 5.41) is 2.56. The average molecular weight is 199 g/mol. The molecule has 0 fully saturated rings. The van der Waals surface area contributed by atoms with Gasteiger partial charge in [-0.15, -0.1) is 0 Å². The van der Waals surface area contributed by atoms with Crippen LogP contribution in [0.3, 0.4) is 0 Å². The maximum absolute atomic E-state index is 9.92. The highest BCUT2D eigenvalue weighted by Crippen LogP contribution is 1.79. The molecule has 0 aromatic rings. The second kappa shape index (κ2) is 3.39. The summed E-state index contributed by atoms with van der Waals surface area (Å²) in [5.74, 6) is 0. The van der Waals surface area contributed by atoms with Gasteiger partial charge in [-0.3, -0.25) is 4.79 Å². The summed E-state index contributed by atoms with van der Waals surface area (Å²) >= 11 is 1.69. The molecule has 6 heavy (non-hydrogen) atoms. The predicted molar refractivity (Wildman–Crippen MR) is 33.1 cm³/mol. The molecule has 0 spiro atoms. The van der Waals surface area contributed by atoms with Crippen LogP contribution in [0.2, 0.25) is 0 Å². The van der Waals surface area contributed by atoms with Gasteiger partial charge < -0.3 is 5.32 Å². The Kier molecular flexibility index (Phi) is 3.51. The van der Waals surface area contributed by atoms with Crippen LogP contribution in [0.1, 0.15) is 6.92 Å². The second-order valence-electron chi connectivity index (χ2n) is 0.804. The lowest BCUT2D eigenvalue weighted by atomic mass is 10.8. The Bertz CT molecular complexity index is 54.8. The summed E-state index contributed by atoms with van der Waals surface area (Å²) in [6.07, 6.45) is 0. The Morgan fingerprint density at radius 2 is 2.50 bits per heavy atom. The van der Waals surface area contributed by atoms with Crippen LogP contribution >= 0.6 is 22.6 Å². The van der Waals surface area contributed by atoms with Gasteiger partial charge in [0, 0.05) is 29.1 Å². The average Bonchev–Trinajstić information content (AvgIpc) is 1.35. The zero-order chi connectivity index (χ0) is 4.99. The molecule has 36 valence electrons. The zero-order valence-electron chi connectivity index (χ0n) is 3.49. The van der Waals surface area contributed by atoms with Gasteiger partial charge in [-0.05, 0) is 6.92 Å². The van der Waals surface area contributed by atoms with E-state index in [0.29, 0.717) is 0 Å². The molecule has 0 aromatic carbocycles. The summed E-state index contributed by atoms with van der Waals surface area (Å²) in [7, 11) is 0. The van der Waals surface area contributed by atoms with Gasteiger partial charge in [-0.25, -0.2) is 0 Å². The minimum absolute atomic E-state index is 0.00935. The van der Waals surface area contributed by atoms with E-state index < -0.39 is 0 Å². The van der Waals surface area contributed by atoms with E-state index in [-0.39, 0.29) is 3.91 Å². The van der Waals surface area contributed by atoms with Crippen LogP contribution in [-0.2, 0) is 0 Å². The van der Waals surface area contributed by atoms with Crippen molar-refractivity contribution in [2.75, 3.05) is 6.54 Å². The van der Waals surface area contributed by atoms with E-state index in [1.165, 1.54) is 0 Å².